The highest BCUT2D eigenvalue weighted by atomic mass is 19.3. The van der Waals surface area contributed by atoms with Crippen LogP contribution in [0.25, 0.3) is 0 Å². The minimum atomic E-state index is -3.09. The zero-order valence-electron chi connectivity index (χ0n) is 19.1. The first-order valence-electron chi connectivity index (χ1n) is 10.8. The van der Waals surface area contributed by atoms with Crippen LogP contribution in [0.3, 0.4) is 0 Å². The largest absolute Gasteiger partial charge is 0.452 e. The van der Waals surface area contributed by atoms with E-state index in [9.17, 15) is 23.2 Å². The molecule has 0 radical (unpaired) electrons. The number of piperazine rings is 1. The van der Waals surface area contributed by atoms with Crippen molar-refractivity contribution in [3.8, 4) is 5.75 Å². The summed E-state index contributed by atoms with van der Waals surface area (Å²) in [5.41, 5.74) is 2.60. The Morgan fingerprint density at radius 2 is 1.62 bits per heavy atom. The van der Waals surface area contributed by atoms with E-state index >= 15 is 0 Å². The van der Waals surface area contributed by atoms with E-state index in [1.165, 1.54) is 29.2 Å². The van der Waals surface area contributed by atoms with Crippen LogP contribution in [0, 0.1) is 13.8 Å². The second kappa shape index (κ2) is 11.6. The summed E-state index contributed by atoms with van der Waals surface area (Å²) in [6, 6.07) is 11.2. The van der Waals surface area contributed by atoms with Crippen LogP contribution in [-0.2, 0) is 14.3 Å². The van der Waals surface area contributed by atoms with Gasteiger partial charge in [0, 0.05) is 31.9 Å². The molecule has 34 heavy (non-hydrogen) atoms. The summed E-state index contributed by atoms with van der Waals surface area (Å²) in [7, 11) is 0. The van der Waals surface area contributed by atoms with Gasteiger partial charge in [0.1, 0.15) is 11.3 Å². The third-order valence-electron chi connectivity index (χ3n) is 5.49. The van der Waals surface area contributed by atoms with Crippen LogP contribution in [-0.4, -0.2) is 73.5 Å². The van der Waals surface area contributed by atoms with Gasteiger partial charge in [-0.05, 0) is 37.1 Å². The number of ether oxygens (including phenoxy) is 2. The lowest BCUT2D eigenvalue weighted by molar-refractivity contribution is -0.136. The SMILES string of the molecule is Cc1cccc(C)c1NC(=O)CN1CCN(C(=O)COC(=O)c2ccccc2OC(F)F)CC1. The number of esters is 1. The molecule has 10 heteroatoms. The van der Waals surface area contributed by atoms with Crippen molar-refractivity contribution in [2.24, 2.45) is 0 Å². The lowest BCUT2D eigenvalue weighted by atomic mass is 10.1. The third kappa shape index (κ3) is 6.74. The highest BCUT2D eigenvalue weighted by molar-refractivity contribution is 5.94. The molecule has 0 atom stereocenters. The highest BCUT2D eigenvalue weighted by Crippen LogP contribution is 2.21. The summed E-state index contributed by atoms with van der Waals surface area (Å²) in [5.74, 6) is -1.77. The maximum atomic E-state index is 12.5. The number of aryl methyl sites for hydroxylation is 2. The molecular weight excluding hydrogens is 448 g/mol. The average molecular weight is 475 g/mol. The lowest BCUT2D eigenvalue weighted by Gasteiger charge is -2.34. The zero-order valence-corrected chi connectivity index (χ0v) is 19.1. The molecule has 3 rings (SSSR count). The molecule has 1 N–H and O–H groups in total. The first kappa shape index (κ1) is 25.1. The van der Waals surface area contributed by atoms with Gasteiger partial charge >= 0.3 is 12.6 Å². The van der Waals surface area contributed by atoms with Crippen molar-refractivity contribution in [3.63, 3.8) is 0 Å². The van der Waals surface area contributed by atoms with E-state index in [0.717, 1.165) is 16.8 Å². The van der Waals surface area contributed by atoms with Crippen LogP contribution in [0.2, 0.25) is 0 Å². The number of hydrogen-bond acceptors (Lipinski definition) is 6. The van der Waals surface area contributed by atoms with Crippen LogP contribution < -0.4 is 10.1 Å². The van der Waals surface area contributed by atoms with E-state index in [1.807, 2.05) is 36.9 Å². The Hall–Kier alpha value is -3.53. The van der Waals surface area contributed by atoms with Gasteiger partial charge in [0.15, 0.2) is 6.61 Å². The van der Waals surface area contributed by atoms with Crippen molar-refractivity contribution in [2.45, 2.75) is 20.5 Å². The van der Waals surface area contributed by atoms with Crippen molar-refractivity contribution in [1.29, 1.82) is 0 Å². The Kier molecular flexibility index (Phi) is 8.53. The Balaban J connectivity index is 1.44. The standard InChI is InChI=1S/C24H27F2N3O5/c1-16-6-5-7-17(2)22(16)27-20(30)14-28-10-12-29(13-11-28)21(31)15-33-23(32)18-8-3-4-9-19(18)34-24(25)26/h3-9,24H,10-15H2,1-2H3,(H,27,30). The number of rotatable bonds is 8. The van der Waals surface area contributed by atoms with Crippen molar-refractivity contribution in [2.75, 3.05) is 44.6 Å². The van der Waals surface area contributed by atoms with Gasteiger partial charge in [0.2, 0.25) is 5.91 Å². The van der Waals surface area contributed by atoms with Crippen molar-refractivity contribution >= 4 is 23.5 Å². The average Bonchev–Trinajstić information content (AvgIpc) is 2.80. The predicted octanol–water partition coefficient (Wildman–Crippen LogP) is 2.84. The molecule has 2 amide bonds. The number of anilines is 1. The van der Waals surface area contributed by atoms with Gasteiger partial charge in [0.25, 0.3) is 5.91 Å². The number of nitrogens with zero attached hydrogens (tertiary/aromatic N) is 2. The van der Waals surface area contributed by atoms with Crippen LogP contribution in [0.4, 0.5) is 14.5 Å². The fourth-order valence-electron chi connectivity index (χ4n) is 3.68. The lowest BCUT2D eigenvalue weighted by Crippen LogP contribution is -2.51. The summed E-state index contributed by atoms with van der Waals surface area (Å²) in [5, 5.41) is 2.95. The molecule has 2 aromatic carbocycles. The number of para-hydroxylation sites is 2. The van der Waals surface area contributed by atoms with E-state index in [1.54, 1.807) is 0 Å². The molecule has 1 aliphatic heterocycles. The summed E-state index contributed by atoms with van der Waals surface area (Å²) < 4.78 is 34.4. The van der Waals surface area contributed by atoms with Gasteiger partial charge in [-0.3, -0.25) is 14.5 Å². The van der Waals surface area contributed by atoms with Crippen LogP contribution in [0.15, 0.2) is 42.5 Å². The molecule has 0 bridgehead atoms. The van der Waals surface area contributed by atoms with Crippen LogP contribution in [0.5, 0.6) is 5.75 Å². The maximum Gasteiger partial charge on any atom is 0.387 e. The van der Waals surface area contributed by atoms with Gasteiger partial charge in [-0.2, -0.15) is 8.78 Å². The first-order valence-corrected chi connectivity index (χ1v) is 10.8. The van der Waals surface area contributed by atoms with Crippen LogP contribution in [0.1, 0.15) is 21.5 Å². The molecule has 0 aliphatic carbocycles. The topological polar surface area (TPSA) is 88.2 Å². The minimum Gasteiger partial charge on any atom is -0.452 e. The number of hydrogen-bond donors (Lipinski definition) is 1. The molecule has 0 saturated carbocycles. The molecule has 1 heterocycles. The molecule has 8 nitrogen and oxygen atoms in total. The Labute approximate surface area is 196 Å². The van der Waals surface area contributed by atoms with E-state index < -0.39 is 25.1 Å². The van der Waals surface area contributed by atoms with E-state index in [2.05, 4.69) is 10.1 Å². The Morgan fingerprint density at radius 1 is 0.971 bits per heavy atom. The van der Waals surface area contributed by atoms with Gasteiger partial charge in [0.05, 0.1) is 6.54 Å². The van der Waals surface area contributed by atoms with Gasteiger partial charge in [-0.15, -0.1) is 0 Å². The summed E-state index contributed by atoms with van der Waals surface area (Å²) in [6.07, 6.45) is 0. The van der Waals surface area contributed by atoms with Gasteiger partial charge in [-0.1, -0.05) is 30.3 Å². The number of nitrogens with one attached hydrogen (secondary N) is 1. The van der Waals surface area contributed by atoms with E-state index in [-0.39, 0.29) is 23.8 Å². The molecule has 1 aliphatic rings. The minimum absolute atomic E-state index is 0.129. The molecule has 182 valence electrons. The van der Waals surface area contributed by atoms with Crippen molar-refractivity contribution < 1.29 is 32.6 Å². The Morgan fingerprint density at radius 3 is 2.26 bits per heavy atom. The summed E-state index contributed by atoms with van der Waals surface area (Å²) >= 11 is 0. The number of carbonyl (C=O) groups excluding carboxylic acids is 3. The van der Waals surface area contributed by atoms with Crippen LogP contribution >= 0.6 is 0 Å². The number of benzene rings is 2. The smallest absolute Gasteiger partial charge is 0.387 e. The quantitative estimate of drug-likeness (QED) is 0.591. The second-order valence-corrected chi connectivity index (χ2v) is 7.92. The normalized spacial score (nSPS) is 14.1. The molecule has 1 saturated heterocycles. The molecular formula is C24H27F2N3O5. The number of alkyl halides is 2. The number of carbonyl (C=O) groups is 3. The van der Waals surface area contributed by atoms with E-state index in [0.29, 0.717) is 26.2 Å². The summed E-state index contributed by atoms with van der Waals surface area (Å²) in [4.78, 5) is 40.6. The van der Waals surface area contributed by atoms with Gasteiger partial charge < -0.3 is 19.7 Å². The maximum absolute atomic E-state index is 12.5. The molecule has 0 spiro atoms. The predicted molar refractivity (Wildman–Crippen MR) is 121 cm³/mol. The van der Waals surface area contributed by atoms with Crippen molar-refractivity contribution in [1.82, 2.24) is 9.80 Å². The fraction of sp³-hybridized carbons (Fsp3) is 0.375. The zero-order chi connectivity index (χ0) is 24.7. The highest BCUT2D eigenvalue weighted by Gasteiger charge is 2.24. The molecule has 1 fully saturated rings. The molecule has 2 aromatic rings. The Bertz CT molecular complexity index is 1020. The molecule has 0 aromatic heterocycles. The number of amides is 2. The molecule has 0 unspecified atom stereocenters. The monoisotopic (exact) mass is 475 g/mol. The van der Waals surface area contributed by atoms with Gasteiger partial charge in [-0.25, -0.2) is 4.79 Å². The third-order valence-corrected chi connectivity index (χ3v) is 5.49. The van der Waals surface area contributed by atoms with Crippen molar-refractivity contribution in [3.05, 3.63) is 59.2 Å². The van der Waals surface area contributed by atoms with E-state index in [4.69, 9.17) is 4.74 Å². The second-order valence-electron chi connectivity index (χ2n) is 7.92. The fourth-order valence-corrected chi connectivity index (χ4v) is 3.68. The number of halogens is 2. The summed E-state index contributed by atoms with van der Waals surface area (Å²) in [6.45, 7) is 2.19. The first-order chi connectivity index (χ1) is 16.2.